The molecular formula is C18H35F2N3. The Morgan fingerprint density at radius 1 is 0.739 bits per heavy atom. The number of rotatable bonds is 2. The van der Waals surface area contributed by atoms with Gasteiger partial charge in [-0.25, -0.2) is 8.78 Å². The molecule has 2 saturated heterocycles. The van der Waals surface area contributed by atoms with Crippen molar-refractivity contribution in [2.24, 2.45) is 5.92 Å². The molecule has 0 bridgehead atoms. The molecule has 5 heteroatoms. The number of nitrogens with zero attached hydrogens (tertiary/aromatic N) is 3. The van der Waals surface area contributed by atoms with Crippen molar-refractivity contribution in [3.63, 3.8) is 0 Å². The monoisotopic (exact) mass is 331 g/mol. The van der Waals surface area contributed by atoms with Crippen LogP contribution in [0.1, 0.15) is 41.5 Å². The Bertz CT molecular complexity index is 369. The summed E-state index contributed by atoms with van der Waals surface area (Å²) in [7, 11) is 0. The molecule has 2 aliphatic heterocycles. The maximum atomic E-state index is 14.6. The van der Waals surface area contributed by atoms with Crippen LogP contribution >= 0.6 is 0 Å². The Kier molecular flexibility index (Phi) is 5.74. The van der Waals surface area contributed by atoms with E-state index in [-0.39, 0.29) is 11.1 Å². The Hall–Kier alpha value is -0.260. The van der Waals surface area contributed by atoms with Gasteiger partial charge in [-0.2, -0.15) is 0 Å². The van der Waals surface area contributed by atoms with Crippen molar-refractivity contribution in [1.29, 1.82) is 0 Å². The van der Waals surface area contributed by atoms with E-state index in [0.29, 0.717) is 19.6 Å². The summed E-state index contributed by atoms with van der Waals surface area (Å²) in [4.78, 5) is 6.64. The van der Waals surface area contributed by atoms with Gasteiger partial charge in [0.15, 0.2) is 0 Å². The molecule has 0 saturated carbocycles. The number of halogens is 2. The summed E-state index contributed by atoms with van der Waals surface area (Å²) in [5, 5.41) is 0. The molecule has 136 valence electrons. The van der Waals surface area contributed by atoms with Crippen molar-refractivity contribution < 1.29 is 8.78 Å². The predicted molar refractivity (Wildman–Crippen MR) is 92.4 cm³/mol. The second-order valence-electron chi connectivity index (χ2n) is 9.23. The fourth-order valence-electron chi connectivity index (χ4n) is 3.67. The van der Waals surface area contributed by atoms with E-state index < -0.39 is 18.3 Å². The molecular weight excluding hydrogens is 296 g/mol. The average molecular weight is 331 g/mol. The Morgan fingerprint density at radius 2 is 1.17 bits per heavy atom. The fraction of sp³-hybridized carbons (Fsp3) is 1.00. The van der Waals surface area contributed by atoms with Crippen LogP contribution in [0.15, 0.2) is 0 Å². The van der Waals surface area contributed by atoms with E-state index in [1.54, 1.807) is 0 Å². The first kappa shape index (κ1) is 19.1. The topological polar surface area (TPSA) is 9.72 Å². The Labute approximate surface area is 141 Å². The van der Waals surface area contributed by atoms with Gasteiger partial charge >= 0.3 is 0 Å². The van der Waals surface area contributed by atoms with Crippen LogP contribution in [0.3, 0.4) is 0 Å². The molecule has 0 aromatic heterocycles. The minimum Gasteiger partial charge on any atom is -0.300 e. The van der Waals surface area contributed by atoms with Gasteiger partial charge in [0.1, 0.15) is 12.3 Å². The van der Waals surface area contributed by atoms with E-state index in [0.717, 1.165) is 26.2 Å². The summed E-state index contributed by atoms with van der Waals surface area (Å²) in [6, 6.07) is 0. The third kappa shape index (κ3) is 4.86. The van der Waals surface area contributed by atoms with Crippen molar-refractivity contribution in [1.82, 2.24) is 14.7 Å². The molecule has 2 atom stereocenters. The van der Waals surface area contributed by atoms with Crippen molar-refractivity contribution in [2.75, 3.05) is 45.8 Å². The summed E-state index contributed by atoms with van der Waals surface area (Å²) in [5.74, 6) is -0.477. The predicted octanol–water partition coefficient (Wildman–Crippen LogP) is 2.81. The molecule has 0 aromatic carbocycles. The van der Waals surface area contributed by atoms with E-state index >= 15 is 0 Å². The molecule has 2 aliphatic rings. The largest absolute Gasteiger partial charge is 0.300 e. The zero-order chi connectivity index (χ0) is 17.4. The van der Waals surface area contributed by atoms with Crippen molar-refractivity contribution >= 4 is 0 Å². The molecule has 2 unspecified atom stereocenters. The summed E-state index contributed by atoms with van der Waals surface area (Å²) < 4.78 is 29.2. The lowest BCUT2D eigenvalue weighted by atomic mass is 9.89. The third-order valence-electron chi connectivity index (χ3n) is 5.46. The first-order valence-corrected chi connectivity index (χ1v) is 8.99. The maximum absolute atomic E-state index is 14.6. The average Bonchev–Trinajstić information content (AvgIpc) is 2.41. The normalized spacial score (nSPS) is 33.1. The second-order valence-corrected chi connectivity index (χ2v) is 9.23. The van der Waals surface area contributed by atoms with Crippen LogP contribution < -0.4 is 0 Å². The number of piperidine rings is 1. The number of alkyl halides is 2. The molecule has 23 heavy (non-hydrogen) atoms. The lowest BCUT2D eigenvalue weighted by Gasteiger charge is -2.47. The fourth-order valence-corrected chi connectivity index (χ4v) is 3.67. The highest BCUT2D eigenvalue weighted by Crippen LogP contribution is 2.29. The summed E-state index contributed by atoms with van der Waals surface area (Å²) in [5.41, 5.74) is 0.00731. The lowest BCUT2D eigenvalue weighted by molar-refractivity contribution is -0.0414. The van der Waals surface area contributed by atoms with E-state index in [1.807, 2.05) is 25.7 Å². The molecule has 0 aromatic rings. The molecule has 2 fully saturated rings. The maximum Gasteiger partial charge on any atom is 0.120 e. The zero-order valence-electron chi connectivity index (χ0n) is 15.8. The smallest absolute Gasteiger partial charge is 0.120 e. The van der Waals surface area contributed by atoms with Crippen molar-refractivity contribution in [2.45, 2.75) is 65.0 Å². The van der Waals surface area contributed by atoms with Crippen LogP contribution in [0.5, 0.6) is 0 Å². The lowest BCUT2D eigenvalue weighted by Crippen LogP contribution is -2.59. The van der Waals surface area contributed by atoms with Crippen molar-refractivity contribution in [3.8, 4) is 0 Å². The first-order chi connectivity index (χ1) is 10.5. The van der Waals surface area contributed by atoms with Crippen LogP contribution in [0.25, 0.3) is 0 Å². The van der Waals surface area contributed by atoms with Gasteiger partial charge in [0.25, 0.3) is 0 Å². The molecule has 0 amide bonds. The molecule has 2 heterocycles. The Balaban J connectivity index is 1.87. The molecule has 0 aliphatic carbocycles. The van der Waals surface area contributed by atoms with Gasteiger partial charge in [0.2, 0.25) is 0 Å². The van der Waals surface area contributed by atoms with E-state index in [4.69, 9.17) is 0 Å². The minimum atomic E-state index is -1.07. The van der Waals surface area contributed by atoms with Gasteiger partial charge in [0.05, 0.1) is 0 Å². The number of piperazine rings is 1. The van der Waals surface area contributed by atoms with Gasteiger partial charge < -0.3 is 4.90 Å². The van der Waals surface area contributed by atoms with Gasteiger partial charge in [0, 0.05) is 62.8 Å². The van der Waals surface area contributed by atoms with Crippen LogP contribution in [0, 0.1) is 5.92 Å². The number of likely N-dealkylation sites (tertiary alicyclic amines) is 1. The standard InChI is InChI=1S/C18H35F2N3/c1-17(2,3)22-9-7-21(8-10-22)11-14-15(19)12-23(13-16(14)20)18(4,5)6/h14-16H,7-13H2,1-6H3. The zero-order valence-corrected chi connectivity index (χ0v) is 15.8. The van der Waals surface area contributed by atoms with Gasteiger partial charge in [-0.3, -0.25) is 9.80 Å². The third-order valence-corrected chi connectivity index (χ3v) is 5.46. The van der Waals surface area contributed by atoms with Gasteiger partial charge in [-0.1, -0.05) is 0 Å². The minimum absolute atomic E-state index is 0.169. The summed E-state index contributed by atoms with van der Waals surface area (Å²) in [6.07, 6.45) is -2.14. The molecule has 2 rings (SSSR count). The molecule has 0 N–H and O–H groups in total. The molecule has 0 radical (unpaired) electrons. The highest BCUT2D eigenvalue weighted by atomic mass is 19.1. The second kappa shape index (κ2) is 6.93. The summed E-state index contributed by atoms with van der Waals surface area (Å²) in [6.45, 7) is 17.8. The van der Waals surface area contributed by atoms with Crippen LogP contribution in [-0.2, 0) is 0 Å². The van der Waals surface area contributed by atoms with E-state index in [9.17, 15) is 8.78 Å². The van der Waals surface area contributed by atoms with Crippen LogP contribution in [-0.4, -0.2) is 83.9 Å². The highest BCUT2D eigenvalue weighted by molar-refractivity contribution is 4.94. The molecule has 0 spiro atoms. The van der Waals surface area contributed by atoms with E-state index in [2.05, 4.69) is 30.6 Å². The Morgan fingerprint density at radius 3 is 1.57 bits per heavy atom. The molecule has 3 nitrogen and oxygen atoms in total. The van der Waals surface area contributed by atoms with E-state index in [1.165, 1.54) is 0 Å². The van der Waals surface area contributed by atoms with Crippen LogP contribution in [0.2, 0.25) is 0 Å². The number of hydrogen-bond donors (Lipinski definition) is 0. The quantitative estimate of drug-likeness (QED) is 0.770. The van der Waals surface area contributed by atoms with Crippen molar-refractivity contribution in [3.05, 3.63) is 0 Å². The van der Waals surface area contributed by atoms with Gasteiger partial charge in [-0.05, 0) is 41.5 Å². The summed E-state index contributed by atoms with van der Waals surface area (Å²) >= 11 is 0. The van der Waals surface area contributed by atoms with Gasteiger partial charge in [-0.15, -0.1) is 0 Å². The number of hydrogen-bond acceptors (Lipinski definition) is 3. The van der Waals surface area contributed by atoms with Crippen LogP contribution in [0.4, 0.5) is 8.78 Å². The highest BCUT2D eigenvalue weighted by Gasteiger charge is 2.41. The first-order valence-electron chi connectivity index (χ1n) is 8.99. The SMILES string of the molecule is CC(C)(C)N1CCN(CC2C(F)CN(C(C)(C)C)CC2F)CC1.